The van der Waals surface area contributed by atoms with Gasteiger partial charge in [-0.3, -0.25) is 0 Å². The smallest absolute Gasteiger partial charge is 0.339 e. The first-order valence-corrected chi connectivity index (χ1v) is 9.16. The zero-order valence-corrected chi connectivity index (χ0v) is 17.7. The molecular weight excluding hydrogens is 352 g/mol. The van der Waals surface area contributed by atoms with Crippen molar-refractivity contribution in [2.75, 3.05) is 18.5 Å². The molecule has 0 saturated carbocycles. The van der Waals surface area contributed by atoms with E-state index >= 15 is 0 Å². The summed E-state index contributed by atoms with van der Waals surface area (Å²) >= 11 is 0. The molecule has 0 amide bonds. The molecule has 5 heteroatoms. The van der Waals surface area contributed by atoms with Gasteiger partial charge in [-0.2, -0.15) is 5.26 Å². The number of terminal acetylenes is 1. The van der Waals surface area contributed by atoms with Crippen molar-refractivity contribution < 1.29 is 15.0 Å². The van der Waals surface area contributed by atoms with Crippen LogP contribution in [0.3, 0.4) is 0 Å². The molecule has 0 atom stereocenters. The second kappa shape index (κ2) is 14.9. The summed E-state index contributed by atoms with van der Waals surface area (Å²) in [6.07, 6.45) is 11.1. The highest BCUT2D eigenvalue weighted by Crippen LogP contribution is 2.22. The van der Waals surface area contributed by atoms with Gasteiger partial charge in [0.15, 0.2) is 0 Å². The van der Waals surface area contributed by atoms with Crippen LogP contribution >= 0.6 is 0 Å². The van der Waals surface area contributed by atoms with Gasteiger partial charge in [0.2, 0.25) is 0 Å². The van der Waals surface area contributed by atoms with Crippen LogP contribution in [-0.4, -0.2) is 29.8 Å². The molecule has 0 saturated heterocycles. The Balaban J connectivity index is 0. The van der Waals surface area contributed by atoms with Gasteiger partial charge in [-0.05, 0) is 43.0 Å². The van der Waals surface area contributed by atoms with E-state index in [1.54, 1.807) is 13.0 Å². The molecule has 0 aliphatic heterocycles. The normalized spacial score (nSPS) is 10.7. The van der Waals surface area contributed by atoms with E-state index < -0.39 is 5.97 Å². The summed E-state index contributed by atoms with van der Waals surface area (Å²) in [4.78, 5) is 13.2. The van der Waals surface area contributed by atoms with E-state index in [-0.39, 0.29) is 11.3 Å². The zero-order valence-electron chi connectivity index (χ0n) is 17.7. The highest BCUT2D eigenvalue weighted by atomic mass is 16.4. The van der Waals surface area contributed by atoms with Gasteiger partial charge in [-0.15, -0.1) is 12.8 Å². The SMILES string of the molecule is C#C.C/C=C(O)\C(=C/Cc1ccc(N(C)CC(C)C)c(C#N)c1)C(=O)O.CC. The van der Waals surface area contributed by atoms with E-state index in [9.17, 15) is 15.2 Å². The third-order valence-corrected chi connectivity index (χ3v) is 3.55. The fourth-order valence-corrected chi connectivity index (χ4v) is 2.46. The number of nitrogens with zero attached hydrogens (tertiary/aromatic N) is 2. The highest BCUT2D eigenvalue weighted by molar-refractivity contribution is 5.90. The van der Waals surface area contributed by atoms with Crippen molar-refractivity contribution in [3.8, 4) is 18.9 Å². The van der Waals surface area contributed by atoms with Gasteiger partial charge >= 0.3 is 5.97 Å². The Morgan fingerprint density at radius 1 is 1.29 bits per heavy atom. The zero-order chi connectivity index (χ0) is 22.3. The third-order valence-electron chi connectivity index (χ3n) is 3.55. The Bertz CT molecular complexity index is 738. The first-order valence-electron chi connectivity index (χ1n) is 9.16. The summed E-state index contributed by atoms with van der Waals surface area (Å²) in [6.45, 7) is 10.6. The monoisotopic (exact) mass is 384 g/mol. The lowest BCUT2D eigenvalue weighted by Crippen LogP contribution is -2.23. The minimum absolute atomic E-state index is 0.142. The van der Waals surface area contributed by atoms with Crippen LogP contribution in [-0.2, 0) is 11.2 Å². The second-order valence-electron chi connectivity index (χ2n) is 6.04. The number of rotatable bonds is 7. The second-order valence-corrected chi connectivity index (χ2v) is 6.04. The maximum atomic E-state index is 11.2. The molecule has 1 rings (SSSR count). The number of carbonyl (C=O) groups is 1. The summed E-state index contributed by atoms with van der Waals surface area (Å²) in [6, 6.07) is 7.70. The molecular formula is C23H32N2O3. The van der Waals surface area contributed by atoms with Crippen molar-refractivity contribution >= 4 is 11.7 Å². The molecule has 0 aromatic heterocycles. The van der Waals surface area contributed by atoms with Crippen molar-refractivity contribution in [2.45, 2.75) is 41.0 Å². The van der Waals surface area contributed by atoms with Gasteiger partial charge in [-0.1, -0.05) is 39.8 Å². The summed E-state index contributed by atoms with van der Waals surface area (Å²) in [5.41, 5.74) is 2.08. The number of aliphatic hydroxyl groups is 1. The Labute approximate surface area is 169 Å². The molecule has 0 unspecified atom stereocenters. The molecule has 0 spiro atoms. The Morgan fingerprint density at radius 2 is 1.86 bits per heavy atom. The van der Waals surface area contributed by atoms with Gasteiger partial charge in [-0.25, -0.2) is 4.79 Å². The van der Waals surface area contributed by atoms with Crippen LogP contribution in [0.2, 0.25) is 0 Å². The predicted octanol–water partition coefficient (Wildman–Crippen LogP) is 4.94. The van der Waals surface area contributed by atoms with Crippen molar-refractivity contribution in [1.29, 1.82) is 5.26 Å². The number of hydrogen-bond acceptors (Lipinski definition) is 4. The Kier molecular flexibility index (Phi) is 14.4. The van der Waals surface area contributed by atoms with Crippen LogP contribution in [0.4, 0.5) is 5.69 Å². The topological polar surface area (TPSA) is 84.6 Å². The standard InChI is InChI=1S/C19H24N2O3.C2H6.C2H2/c1-5-18(22)16(19(23)24)8-6-14-7-9-17(15(10-14)11-20)21(4)12-13(2)3;2*1-2/h5,7-10,13,22H,6,12H2,1-4H3,(H,23,24);1-2H3;1-2H/b16-8+,18-5+;;. The number of nitriles is 1. The third kappa shape index (κ3) is 8.96. The number of aliphatic hydroxyl groups excluding tert-OH is 1. The van der Waals surface area contributed by atoms with Crippen molar-refractivity contribution in [3.63, 3.8) is 0 Å². The lowest BCUT2D eigenvalue weighted by Gasteiger charge is -2.22. The molecule has 0 heterocycles. The summed E-state index contributed by atoms with van der Waals surface area (Å²) < 4.78 is 0. The average Bonchev–Trinajstić information content (AvgIpc) is 2.69. The molecule has 5 nitrogen and oxygen atoms in total. The molecule has 1 aromatic carbocycles. The first kappa shape index (κ1) is 27.0. The molecule has 0 aliphatic rings. The lowest BCUT2D eigenvalue weighted by molar-refractivity contribution is -0.132. The van der Waals surface area contributed by atoms with Gasteiger partial charge in [0.1, 0.15) is 11.8 Å². The number of hydrogen-bond donors (Lipinski definition) is 2. The van der Waals surface area contributed by atoms with Crippen molar-refractivity contribution in [3.05, 3.63) is 52.8 Å². The van der Waals surface area contributed by atoms with Gasteiger partial charge in [0.05, 0.1) is 16.8 Å². The fraction of sp³-hybridized carbons (Fsp3) is 0.391. The van der Waals surface area contributed by atoms with E-state index in [1.807, 2.05) is 37.9 Å². The molecule has 1 aromatic rings. The maximum Gasteiger partial charge on any atom is 0.339 e. The summed E-state index contributed by atoms with van der Waals surface area (Å²) in [5.74, 6) is -0.971. The molecule has 0 bridgehead atoms. The number of allylic oxidation sites excluding steroid dienone is 2. The number of aliphatic carboxylic acids is 1. The van der Waals surface area contributed by atoms with E-state index in [0.717, 1.165) is 17.8 Å². The summed E-state index contributed by atoms with van der Waals surface area (Å²) in [5, 5.41) is 28.1. The average molecular weight is 385 g/mol. The number of carboxylic acid groups (broad SMARTS) is 1. The summed E-state index contributed by atoms with van der Waals surface area (Å²) in [7, 11) is 1.95. The van der Waals surface area contributed by atoms with E-state index in [1.165, 1.54) is 12.2 Å². The van der Waals surface area contributed by atoms with Crippen LogP contribution in [0.5, 0.6) is 0 Å². The maximum absolute atomic E-state index is 11.2. The van der Waals surface area contributed by atoms with E-state index in [2.05, 4.69) is 32.8 Å². The first-order chi connectivity index (χ1) is 13.3. The number of benzene rings is 1. The van der Waals surface area contributed by atoms with Gasteiger partial charge in [0, 0.05) is 13.6 Å². The molecule has 0 aliphatic carbocycles. The molecule has 2 N–H and O–H groups in total. The van der Waals surface area contributed by atoms with Gasteiger partial charge < -0.3 is 15.1 Å². The minimum Gasteiger partial charge on any atom is -0.507 e. The van der Waals surface area contributed by atoms with Crippen LogP contribution in [0.1, 0.15) is 45.7 Å². The quantitative estimate of drug-likeness (QED) is 0.301. The fourth-order valence-electron chi connectivity index (χ4n) is 2.46. The van der Waals surface area contributed by atoms with Crippen LogP contribution in [0, 0.1) is 30.1 Å². The highest BCUT2D eigenvalue weighted by Gasteiger charge is 2.12. The van der Waals surface area contributed by atoms with Crippen LogP contribution in [0.25, 0.3) is 0 Å². The molecule has 152 valence electrons. The molecule has 0 fully saturated rings. The lowest BCUT2D eigenvalue weighted by atomic mass is 10.0. The Hall–Kier alpha value is -3.18. The van der Waals surface area contributed by atoms with E-state index in [4.69, 9.17) is 5.11 Å². The van der Waals surface area contributed by atoms with Crippen molar-refractivity contribution in [1.82, 2.24) is 0 Å². The van der Waals surface area contributed by atoms with Crippen molar-refractivity contribution in [2.24, 2.45) is 5.92 Å². The van der Waals surface area contributed by atoms with Gasteiger partial charge in [0.25, 0.3) is 0 Å². The largest absolute Gasteiger partial charge is 0.507 e. The predicted molar refractivity (Wildman–Crippen MR) is 116 cm³/mol. The number of anilines is 1. The van der Waals surface area contributed by atoms with Crippen LogP contribution < -0.4 is 4.90 Å². The molecule has 28 heavy (non-hydrogen) atoms. The Morgan fingerprint density at radius 3 is 2.29 bits per heavy atom. The number of carboxylic acids is 1. The van der Waals surface area contributed by atoms with E-state index in [0.29, 0.717) is 17.9 Å². The minimum atomic E-state index is -1.18. The molecule has 0 radical (unpaired) electrons. The van der Waals surface area contributed by atoms with Crippen LogP contribution in [0.15, 0.2) is 41.7 Å².